The Bertz CT molecular complexity index is 1560. The number of ether oxygens (including phenoxy) is 1. The van der Waals surface area contributed by atoms with Crippen molar-refractivity contribution < 1.29 is 22.3 Å². The monoisotopic (exact) mass is 572 g/mol. The van der Waals surface area contributed by atoms with E-state index in [1.165, 1.54) is 53.4 Å². The summed E-state index contributed by atoms with van der Waals surface area (Å²) in [5.41, 5.74) is 0.602. The molecule has 0 aliphatic carbocycles. The average Bonchev–Trinajstić information content (AvgIpc) is 2.90. The number of likely N-dealkylation sites (N-methyl/N-ethyl adjacent to an activating group) is 1. The van der Waals surface area contributed by atoms with Crippen LogP contribution < -0.4 is 9.46 Å². The lowest BCUT2D eigenvalue weighted by atomic mass is 10.1. The van der Waals surface area contributed by atoms with Crippen LogP contribution in [0.4, 0.5) is 10.1 Å². The number of rotatable bonds is 9. The molecule has 6 nitrogen and oxygen atoms in total. The molecule has 10 heteroatoms. The molecule has 4 aromatic rings. The number of carbonyl (C=O) groups is 1. The Morgan fingerprint density at radius 3 is 2.34 bits per heavy atom. The fourth-order valence-corrected chi connectivity index (χ4v) is 5.05. The van der Waals surface area contributed by atoms with E-state index in [1.807, 2.05) is 0 Å². The van der Waals surface area contributed by atoms with Crippen molar-refractivity contribution in [2.24, 2.45) is 0 Å². The summed E-state index contributed by atoms with van der Waals surface area (Å²) in [6.07, 6.45) is 0.291. The summed E-state index contributed by atoms with van der Waals surface area (Å²) < 4.78 is 48.4. The van der Waals surface area contributed by atoms with Crippen molar-refractivity contribution in [3.8, 4) is 11.5 Å². The van der Waals surface area contributed by atoms with Gasteiger partial charge in [-0.1, -0.05) is 53.5 Å². The first kappa shape index (κ1) is 27.4. The molecule has 38 heavy (non-hydrogen) atoms. The molecular formula is C28H23Cl2FN2O4S. The molecule has 4 rings (SSSR count). The van der Waals surface area contributed by atoms with Crippen LogP contribution in [0.15, 0.2) is 95.9 Å². The van der Waals surface area contributed by atoms with Crippen molar-refractivity contribution >= 4 is 44.8 Å². The van der Waals surface area contributed by atoms with E-state index < -0.39 is 15.9 Å². The molecule has 1 N–H and O–H groups in total. The SMILES string of the molecule is CN(CCc1ccccc1F)C(=O)c1cc(Cl)ccc1NS(=O)(=O)c1ccc(Oc2ccccc2Cl)cc1. The van der Waals surface area contributed by atoms with Gasteiger partial charge in [-0.3, -0.25) is 9.52 Å². The number of carbonyl (C=O) groups excluding carboxylic acids is 1. The van der Waals surface area contributed by atoms with Gasteiger partial charge >= 0.3 is 0 Å². The predicted molar refractivity (Wildman–Crippen MR) is 147 cm³/mol. The Balaban J connectivity index is 1.50. The number of anilines is 1. The number of nitrogens with zero attached hydrogens (tertiary/aromatic N) is 1. The first-order chi connectivity index (χ1) is 18.1. The van der Waals surface area contributed by atoms with E-state index in [9.17, 15) is 17.6 Å². The quantitative estimate of drug-likeness (QED) is 0.233. The highest BCUT2D eigenvalue weighted by Crippen LogP contribution is 2.30. The van der Waals surface area contributed by atoms with E-state index in [1.54, 1.807) is 49.5 Å². The van der Waals surface area contributed by atoms with E-state index in [0.717, 1.165) is 0 Å². The zero-order valence-corrected chi connectivity index (χ0v) is 22.5. The number of para-hydroxylation sites is 1. The Morgan fingerprint density at radius 2 is 1.63 bits per heavy atom. The number of hydrogen-bond donors (Lipinski definition) is 1. The smallest absolute Gasteiger partial charge is 0.261 e. The summed E-state index contributed by atoms with van der Waals surface area (Å²) in [7, 11) is -2.51. The van der Waals surface area contributed by atoms with Crippen molar-refractivity contribution in [2.75, 3.05) is 18.3 Å². The highest BCUT2D eigenvalue weighted by molar-refractivity contribution is 7.92. The molecule has 0 atom stereocenters. The Morgan fingerprint density at radius 1 is 0.947 bits per heavy atom. The standard InChI is InChI=1S/C28H23Cl2FN2O4S/c1-33(17-16-19-6-2-4-8-25(19)31)28(34)23-18-20(29)10-15-26(23)32-38(35,36)22-13-11-21(12-14-22)37-27-9-5-3-7-24(27)30/h2-15,18,32H,16-17H2,1H3. The van der Waals surface area contributed by atoms with Gasteiger partial charge in [-0.2, -0.15) is 0 Å². The molecule has 196 valence electrons. The minimum absolute atomic E-state index is 0.0368. The minimum Gasteiger partial charge on any atom is -0.456 e. The highest BCUT2D eigenvalue weighted by Gasteiger charge is 2.22. The third kappa shape index (κ3) is 6.64. The van der Waals surface area contributed by atoms with Crippen LogP contribution in [0.3, 0.4) is 0 Å². The van der Waals surface area contributed by atoms with Crippen LogP contribution in [0.25, 0.3) is 0 Å². The van der Waals surface area contributed by atoms with Crippen molar-refractivity contribution in [1.82, 2.24) is 4.90 Å². The maximum Gasteiger partial charge on any atom is 0.261 e. The molecule has 0 fully saturated rings. The zero-order chi connectivity index (χ0) is 27.3. The van der Waals surface area contributed by atoms with Gasteiger partial charge in [-0.25, -0.2) is 12.8 Å². The van der Waals surface area contributed by atoms with Crippen LogP contribution in [0, 0.1) is 5.82 Å². The van der Waals surface area contributed by atoms with Crippen molar-refractivity contribution in [1.29, 1.82) is 0 Å². The molecular weight excluding hydrogens is 550 g/mol. The molecule has 0 aromatic heterocycles. The summed E-state index contributed by atoms with van der Waals surface area (Å²) >= 11 is 12.2. The van der Waals surface area contributed by atoms with Gasteiger partial charge in [0.05, 0.1) is 21.2 Å². The van der Waals surface area contributed by atoms with Crippen LogP contribution >= 0.6 is 23.2 Å². The van der Waals surface area contributed by atoms with Gasteiger partial charge in [0.25, 0.3) is 15.9 Å². The second kappa shape index (κ2) is 11.9. The first-order valence-corrected chi connectivity index (χ1v) is 13.7. The van der Waals surface area contributed by atoms with E-state index in [2.05, 4.69) is 4.72 Å². The summed E-state index contributed by atoms with van der Waals surface area (Å²) in [4.78, 5) is 14.6. The number of hydrogen-bond acceptors (Lipinski definition) is 4. The third-order valence-corrected chi connectivity index (χ3v) is 7.60. The van der Waals surface area contributed by atoms with E-state index >= 15 is 0 Å². The number of sulfonamides is 1. The number of benzene rings is 4. The van der Waals surface area contributed by atoms with Crippen LogP contribution in [0.2, 0.25) is 10.0 Å². The van der Waals surface area contributed by atoms with Gasteiger partial charge in [0.2, 0.25) is 0 Å². The molecule has 0 heterocycles. The van der Waals surface area contributed by atoms with Crippen LogP contribution in [-0.2, 0) is 16.4 Å². The normalized spacial score (nSPS) is 11.2. The second-order valence-electron chi connectivity index (χ2n) is 8.37. The van der Waals surface area contributed by atoms with Crippen LogP contribution in [0.1, 0.15) is 15.9 Å². The molecule has 0 spiro atoms. The van der Waals surface area contributed by atoms with Crippen molar-refractivity contribution in [3.05, 3.63) is 118 Å². The van der Waals surface area contributed by atoms with Crippen LogP contribution in [-0.4, -0.2) is 32.8 Å². The minimum atomic E-state index is -4.06. The Hall–Kier alpha value is -3.59. The second-order valence-corrected chi connectivity index (χ2v) is 10.9. The molecule has 0 bridgehead atoms. The molecule has 0 saturated heterocycles. The fourth-order valence-electron chi connectivity index (χ4n) is 3.62. The topological polar surface area (TPSA) is 75.7 Å². The summed E-state index contributed by atoms with van der Waals surface area (Å²) in [6.45, 7) is 0.214. The van der Waals surface area contributed by atoms with E-state index in [-0.39, 0.29) is 33.5 Å². The molecule has 1 amide bonds. The third-order valence-electron chi connectivity index (χ3n) is 5.68. The van der Waals surface area contributed by atoms with E-state index in [0.29, 0.717) is 28.5 Å². The molecule has 4 aromatic carbocycles. The van der Waals surface area contributed by atoms with Gasteiger partial charge in [-0.05, 0) is 72.6 Å². The fraction of sp³-hybridized carbons (Fsp3) is 0.107. The molecule has 0 aliphatic rings. The molecule has 0 aliphatic heterocycles. The van der Waals surface area contributed by atoms with Crippen molar-refractivity contribution in [3.63, 3.8) is 0 Å². The zero-order valence-electron chi connectivity index (χ0n) is 20.2. The summed E-state index contributed by atoms with van der Waals surface area (Å²) in [5, 5.41) is 0.685. The van der Waals surface area contributed by atoms with Crippen molar-refractivity contribution in [2.45, 2.75) is 11.3 Å². The molecule has 0 saturated carbocycles. The number of halogens is 3. The van der Waals surface area contributed by atoms with E-state index in [4.69, 9.17) is 27.9 Å². The highest BCUT2D eigenvalue weighted by atomic mass is 35.5. The van der Waals surface area contributed by atoms with Gasteiger partial charge in [-0.15, -0.1) is 0 Å². The van der Waals surface area contributed by atoms with Gasteiger partial charge < -0.3 is 9.64 Å². The van der Waals surface area contributed by atoms with Gasteiger partial charge in [0.15, 0.2) is 0 Å². The Kier molecular flexibility index (Phi) is 8.56. The molecule has 0 unspecified atom stereocenters. The number of amides is 1. The Labute approximate surface area is 230 Å². The summed E-state index contributed by atoms with van der Waals surface area (Å²) in [5.74, 6) is 0.0140. The maximum absolute atomic E-state index is 14.0. The van der Waals surface area contributed by atoms with Gasteiger partial charge in [0, 0.05) is 18.6 Å². The lowest BCUT2D eigenvalue weighted by molar-refractivity contribution is 0.0797. The number of nitrogens with one attached hydrogen (secondary N) is 1. The maximum atomic E-state index is 14.0. The largest absolute Gasteiger partial charge is 0.456 e. The lowest BCUT2D eigenvalue weighted by Crippen LogP contribution is -2.30. The first-order valence-electron chi connectivity index (χ1n) is 11.5. The molecule has 0 radical (unpaired) electrons. The predicted octanol–water partition coefficient (Wildman–Crippen LogP) is 7.04. The van der Waals surface area contributed by atoms with Crippen LogP contribution in [0.5, 0.6) is 11.5 Å². The lowest BCUT2D eigenvalue weighted by Gasteiger charge is -2.20. The average molecular weight is 573 g/mol. The summed E-state index contributed by atoms with van der Waals surface area (Å²) in [6, 6.07) is 23.3. The van der Waals surface area contributed by atoms with Gasteiger partial charge in [0.1, 0.15) is 17.3 Å².